The second-order valence-corrected chi connectivity index (χ2v) is 1.21. The normalized spacial score (nSPS) is 10.9. The van der Waals surface area contributed by atoms with Gasteiger partial charge in [0.1, 0.15) is 0 Å². The summed E-state index contributed by atoms with van der Waals surface area (Å²) in [6.07, 6.45) is 0.157. The van der Waals surface area contributed by atoms with Gasteiger partial charge < -0.3 is 15.9 Å². The zero-order valence-electron chi connectivity index (χ0n) is 4.37. The standard InChI is InChI=1S/C4H5NO4/c5-3(7)2(1-6)4(8)9/h1,6H,(H2,5,7)(H,8,9). The van der Waals surface area contributed by atoms with Crippen LogP contribution in [0.5, 0.6) is 0 Å². The number of hydrogen-bond acceptors (Lipinski definition) is 3. The first kappa shape index (κ1) is 7.48. The highest BCUT2D eigenvalue weighted by molar-refractivity contribution is 6.14. The van der Waals surface area contributed by atoms with E-state index in [1.165, 1.54) is 0 Å². The van der Waals surface area contributed by atoms with Crippen LogP contribution in [-0.4, -0.2) is 22.1 Å². The number of hydrogen-bond donors (Lipinski definition) is 3. The van der Waals surface area contributed by atoms with Gasteiger partial charge >= 0.3 is 5.97 Å². The molecule has 1 amide bonds. The largest absolute Gasteiger partial charge is 0.514 e. The van der Waals surface area contributed by atoms with Gasteiger partial charge in [-0.25, -0.2) is 4.79 Å². The highest BCUT2D eigenvalue weighted by atomic mass is 16.4. The number of carbonyl (C=O) groups is 2. The third-order valence-electron chi connectivity index (χ3n) is 0.625. The molecule has 0 aliphatic carbocycles. The number of carbonyl (C=O) groups excluding carboxylic acids is 1. The van der Waals surface area contributed by atoms with E-state index >= 15 is 0 Å². The molecular weight excluding hydrogens is 126 g/mol. The van der Waals surface area contributed by atoms with Crippen molar-refractivity contribution in [2.75, 3.05) is 0 Å². The maximum atomic E-state index is 9.99. The number of primary amides is 1. The van der Waals surface area contributed by atoms with E-state index in [0.717, 1.165) is 0 Å². The zero-order chi connectivity index (χ0) is 7.44. The van der Waals surface area contributed by atoms with Gasteiger partial charge in [0, 0.05) is 0 Å². The minimum atomic E-state index is -1.54. The van der Waals surface area contributed by atoms with Crippen molar-refractivity contribution >= 4 is 11.9 Å². The van der Waals surface area contributed by atoms with Gasteiger partial charge in [-0.1, -0.05) is 0 Å². The Kier molecular flexibility index (Phi) is 2.25. The van der Waals surface area contributed by atoms with Crippen molar-refractivity contribution in [2.24, 2.45) is 5.73 Å². The Bertz CT molecular complexity index is 155. The van der Waals surface area contributed by atoms with Crippen LogP contribution in [0, 0.1) is 0 Å². The van der Waals surface area contributed by atoms with Gasteiger partial charge in [-0.2, -0.15) is 0 Å². The highest BCUT2D eigenvalue weighted by Crippen LogP contribution is 1.88. The third-order valence-corrected chi connectivity index (χ3v) is 0.625. The van der Waals surface area contributed by atoms with Crippen LogP contribution < -0.4 is 5.73 Å². The topological polar surface area (TPSA) is 101 Å². The average Bonchev–Trinajstić information content (AvgIpc) is 1.64. The SMILES string of the molecule is NC(=O)C(=CO)C(=O)O. The van der Waals surface area contributed by atoms with Crippen LogP contribution in [0.4, 0.5) is 0 Å². The molecule has 0 unspecified atom stereocenters. The van der Waals surface area contributed by atoms with Crippen LogP contribution in [-0.2, 0) is 9.59 Å². The first-order valence-corrected chi connectivity index (χ1v) is 1.97. The van der Waals surface area contributed by atoms with Gasteiger partial charge in [0.2, 0.25) is 0 Å². The molecule has 0 heterocycles. The van der Waals surface area contributed by atoms with E-state index in [-0.39, 0.29) is 6.26 Å². The number of carboxylic acids is 1. The summed E-state index contributed by atoms with van der Waals surface area (Å²) < 4.78 is 0. The van der Waals surface area contributed by atoms with Gasteiger partial charge in [0.05, 0.1) is 6.26 Å². The summed E-state index contributed by atoms with van der Waals surface area (Å²) in [4.78, 5) is 19.8. The van der Waals surface area contributed by atoms with Gasteiger partial charge in [-0.3, -0.25) is 4.79 Å². The van der Waals surface area contributed by atoms with Crippen molar-refractivity contribution in [1.29, 1.82) is 0 Å². The fraction of sp³-hybridized carbons (Fsp3) is 0. The molecule has 4 N–H and O–H groups in total. The Balaban J connectivity index is 4.38. The Morgan fingerprint density at radius 2 is 1.89 bits per heavy atom. The number of amides is 1. The summed E-state index contributed by atoms with van der Waals surface area (Å²) in [5, 5.41) is 16.0. The van der Waals surface area contributed by atoms with E-state index in [1.807, 2.05) is 0 Å². The van der Waals surface area contributed by atoms with Gasteiger partial charge in [0.25, 0.3) is 5.91 Å². The summed E-state index contributed by atoms with van der Waals surface area (Å²) in [6.45, 7) is 0. The summed E-state index contributed by atoms with van der Waals surface area (Å²) >= 11 is 0. The predicted molar refractivity (Wildman–Crippen MR) is 27.5 cm³/mol. The molecule has 0 aromatic carbocycles. The lowest BCUT2D eigenvalue weighted by atomic mass is 10.3. The molecule has 0 spiro atoms. The van der Waals surface area contributed by atoms with Crippen molar-refractivity contribution < 1.29 is 19.8 Å². The molecule has 0 aliphatic rings. The summed E-state index contributed by atoms with van der Waals surface area (Å²) in [6, 6.07) is 0. The number of aliphatic carboxylic acids is 1. The minimum Gasteiger partial charge on any atom is -0.514 e. The lowest BCUT2D eigenvalue weighted by molar-refractivity contribution is -0.134. The lowest BCUT2D eigenvalue weighted by Gasteiger charge is -1.89. The molecule has 5 nitrogen and oxygen atoms in total. The smallest absolute Gasteiger partial charge is 0.344 e. The number of nitrogens with two attached hydrogens (primary N) is 1. The van der Waals surface area contributed by atoms with Gasteiger partial charge in [0.15, 0.2) is 5.57 Å². The molecule has 0 bridgehead atoms. The van der Waals surface area contributed by atoms with E-state index < -0.39 is 17.4 Å². The van der Waals surface area contributed by atoms with Crippen molar-refractivity contribution in [3.05, 3.63) is 11.8 Å². The minimum absolute atomic E-state index is 0.157. The van der Waals surface area contributed by atoms with Gasteiger partial charge in [-0.05, 0) is 0 Å². The molecule has 0 aliphatic heterocycles. The maximum absolute atomic E-state index is 9.99. The Hall–Kier alpha value is -1.52. The molecule has 0 aromatic rings. The molecule has 0 fully saturated rings. The maximum Gasteiger partial charge on any atom is 0.344 e. The second kappa shape index (κ2) is 2.71. The van der Waals surface area contributed by atoms with Crippen LogP contribution in [0.25, 0.3) is 0 Å². The third kappa shape index (κ3) is 1.81. The monoisotopic (exact) mass is 131 g/mol. The van der Waals surface area contributed by atoms with Crippen LogP contribution in [0.15, 0.2) is 11.8 Å². The van der Waals surface area contributed by atoms with Crippen molar-refractivity contribution in [1.82, 2.24) is 0 Å². The van der Waals surface area contributed by atoms with E-state index in [9.17, 15) is 9.59 Å². The highest BCUT2D eigenvalue weighted by Gasteiger charge is 2.12. The number of carboxylic acid groups (broad SMARTS) is 1. The molecular formula is C4H5NO4. The molecule has 0 atom stereocenters. The first-order chi connectivity index (χ1) is 4.09. The summed E-state index contributed by atoms with van der Waals surface area (Å²) in [5.74, 6) is -2.70. The van der Waals surface area contributed by atoms with Crippen molar-refractivity contribution in [3.63, 3.8) is 0 Å². The van der Waals surface area contributed by atoms with Crippen LogP contribution in [0.3, 0.4) is 0 Å². The van der Waals surface area contributed by atoms with Crippen LogP contribution in [0.1, 0.15) is 0 Å². The predicted octanol–water partition coefficient (Wildman–Crippen LogP) is -1.00. The Labute approximate surface area is 50.4 Å². The first-order valence-electron chi connectivity index (χ1n) is 1.97. The molecule has 0 saturated heterocycles. The quantitative estimate of drug-likeness (QED) is 0.193. The average molecular weight is 131 g/mol. The van der Waals surface area contributed by atoms with Crippen molar-refractivity contribution in [2.45, 2.75) is 0 Å². The lowest BCUT2D eigenvalue weighted by Crippen LogP contribution is -2.20. The van der Waals surface area contributed by atoms with E-state index in [4.69, 9.17) is 10.2 Å². The summed E-state index contributed by atoms with van der Waals surface area (Å²) in [7, 11) is 0. The molecule has 0 rings (SSSR count). The molecule has 50 valence electrons. The number of aliphatic hydroxyl groups excluding tert-OH is 1. The molecule has 5 heteroatoms. The second-order valence-electron chi connectivity index (χ2n) is 1.21. The summed E-state index contributed by atoms with van der Waals surface area (Å²) in [5.41, 5.74) is 3.68. The number of aliphatic hydroxyl groups is 1. The molecule has 0 aromatic heterocycles. The zero-order valence-corrected chi connectivity index (χ0v) is 4.37. The van der Waals surface area contributed by atoms with E-state index in [2.05, 4.69) is 5.73 Å². The van der Waals surface area contributed by atoms with Crippen LogP contribution >= 0.6 is 0 Å². The van der Waals surface area contributed by atoms with Crippen molar-refractivity contribution in [3.8, 4) is 0 Å². The number of rotatable bonds is 2. The molecule has 0 saturated carbocycles. The fourth-order valence-electron chi connectivity index (χ4n) is 0.224. The van der Waals surface area contributed by atoms with E-state index in [1.54, 1.807) is 0 Å². The Morgan fingerprint density at radius 1 is 1.44 bits per heavy atom. The molecule has 0 radical (unpaired) electrons. The fourth-order valence-corrected chi connectivity index (χ4v) is 0.224. The van der Waals surface area contributed by atoms with E-state index in [0.29, 0.717) is 0 Å². The van der Waals surface area contributed by atoms with Gasteiger partial charge in [-0.15, -0.1) is 0 Å². The van der Waals surface area contributed by atoms with Crippen LogP contribution in [0.2, 0.25) is 0 Å². The molecule has 9 heavy (non-hydrogen) atoms. The Morgan fingerprint density at radius 3 is 1.89 bits per heavy atom.